The molecule has 5 heteroatoms. The SMILES string of the molecule is CC#Cc1cc(-n2ccnc2)ccc1[N+](=O)[O-]. The predicted molar refractivity (Wildman–Crippen MR) is 62.8 cm³/mol. The van der Waals surface area contributed by atoms with E-state index >= 15 is 0 Å². The summed E-state index contributed by atoms with van der Waals surface area (Å²) < 4.78 is 1.77. The maximum Gasteiger partial charge on any atom is 0.285 e. The fraction of sp³-hybridized carbons (Fsp3) is 0.0833. The molecule has 1 heterocycles. The molecule has 0 aliphatic carbocycles. The van der Waals surface area contributed by atoms with Gasteiger partial charge in [0.2, 0.25) is 0 Å². The summed E-state index contributed by atoms with van der Waals surface area (Å²) in [6.07, 6.45) is 5.04. The largest absolute Gasteiger partial charge is 0.306 e. The number of nitro groups is 1. The summed E-state index contributed by atoms with van der Waals surface area (Å²) in [5.74, 6) is 5.41. The Kier molecular flexibility index (Phi) is 2.88. The van der Waals surface area contributed by atoms with E-state index in [1.54, 1.807) is 42.3 Å². The third-order valence-corrected chi connectivity index (χ3v) is 2.24. The molecule has 17 heavy (non-hydrogen) atoms. The molecular weight excluding hydrogens is 218 g/mol. The molecule has 0 radical (unpaired) electrons. The van der Waals surface area contributed by atoms with E-state index in [4.69, 9.17) is 0 Å². The fourth-order valence-corrected chi connectivity index (χ4v) is 1.49. The summed E-state index contributed by atoms with van der Waals surface area (Å²) in [6, 6.07) is 4.80. The van der Waals surface area contributed by atoms with Crippen LogP contribution in [0.4, 0.5) is 5.69 Å². The average Bonchev–Trinajstić information content (AvgIpc) is 2.82. The van der Waals surface area contributed by atoms with E-state index in [0.29, 0.717) is 5.56 Å². The molecule has 0 unspecified atom stereocenters. The van der Waals surface area contributed by atoms with Gasteiger partial charge >= 0.3 is 0 Å². The lowest BCUT2D eigenvalue weighted by Crippen LogP contribution is -1.96. The first-order valence-electron chi connectivity index (χ1n) is 4.92. The second-order valence-corrected chi connectivity index (χ2v) is 3.30. The van der Waals surface area contributed by atoms with Crippen molar-refractivity contribution in [3.05, 3.63) is 52.6 Å². The van der Waals surface area contributed by atoms with E-state index in [9.17, 15) is 10.1 Å². The molecule has 1 aromatic carbocycles. The lowest BCUT2D eigenvalue weighted by atomic mass is 10.1. The van der Waals surface area contributed by atoms with Crippen molar-refractivity contribution in [1.82, 2.24) is 9.55 Å². The van der Waals surface area contributed by atoms with Crippen LogP contribution in [0.15, 0.2) is 36.9 Å². The summed E-state index contributed by atoms with van der Waals surface area (Å²) in [4.78, 5) is 14.3. The van der Waals surface area contributed by atoms with Gasteiger partial charge in [0.15, 0.2) is 0 Å². The number of rotatable bonds is 2. The Bertz CT molecular complexity index is 606. The summed E-state index contributed by atoms with van der Waals surface area (Å²) >= 11 is 0. The molecule has 2 rings (SSSR count). The number of hydrogen-bond acceptors (Lipinski definition) is 3. The first-order valence-corrected chi connectivity index (χ1v) is 4.92. The number of benzene rings is 1. The third-order valence-electron chi connectivity index (χ3n) is 2.24. The summed E-state index contributed by atoms with van der Waals surface area (Å²) in [6.45, 7) is 1.65. The van der Waals surface area contributed by atoms with Crippen molar-refractivity contribution in [3.63, 3.8) is 0 Å². The number of nitrogens with zero attached hydrogens (tertiary/aromatic N) is 3. The monoisotopic (exact) mass is 227 g/mol. The van der Waals surface area contributed by atoms with Crippen molar-refractivity contribution in [3.8, 4) is 17.5 Å². The molecular formula is C12H9N3O2. The standard InChI is InChI=1S/C12H9N3O2/c1-2-3-10-8-11(14-7-6-13-9-14)4-5-12(10)15(16)17/h4-9H,1H3. The van der Waals surface area contributed by atoms with Crippen molar-refractivity contribution in [2.75, 3.05) is 0 Å². The van der Waals surface area contributed by atoms with Gasteiger partial charge in [-0.05, 0) is 19.1 Å². The molecule has 1 aromatic heterocycles. The van der Waals surface area contributed by atoms with Gasteiger partial charge in [-0.2, -0.15) is 0 Å². The number of nitro benzene ring substituents is 1. The van der Waals surface area contributed by atoms with Gasteiger partial charge in [-0.1, -0.05) is 5.92 Å². The lowest BCUT2D eigenvalue weighted by molar-refractivity contribution is -0.385. The number of imidazole rings is 1. The number of hydrogen-bond donors (Lipinski definition) is 0. The van der Waals surface area contributed by atoms with Gasteiger partial charge in [0.25, 0.3) is 5.69 Å². The molecule has 0 saturated carbocycles. The minimum Gasteiger partial charge on any atom is -0.306 e. The zero-order valence-electron chi connectivity index (χ0n) is 9.12. The quantitative estimate of drug-likeness (QED) is 0.448. The maximum absolute atomic E-state index is 10.8. The van der Waals surface area contributed by atoms with Gasteiger partial charge in [-0.3, -0.25) is 10.1 Å². The normalized spacial score (nSPS) is 9.47. The van der Waals surface area contributed by atoms with E-state index in [-0.39, 0.29) is 5.69 Å². The lowest BCUT2D eigenvalue weighted by Gasteiger charge is -2.03. The Morgan fingerprint density at radius 1 is 1.47 bits per heavy atom. The Hall–Kier alpha value is -2.61. The van der Waals surface area contributed by atoms with Crippen LogP contribution in [0.2, 0.25) is 0 Å². The van der Waals surface area contributed by atoms with Crippen molar-refractivity contribution in [1.29, 1.82) is 0 Å². The maximum atomic E-state index is 10.8. The van der Waals surface area contributed by atoms with Crippen LogP contribution in [0.25, 0.3) is 5.69 Å². The molecule has 84 valence electrons. The van der Waals surface area contributed by atoms with Crippen molar-refractivity contribution in [2.45, 2.75) is 6.92 Å². The van der Waals surface area contributed by atoms with Crippen LogP contribution in [0, 0.1) is 22.0 Å². The minimum atomic E-state index is -0.433. The Labute approximate surface area is 97.9 Å². The van der Waals surface area contributed by atoms with E-state index in [0.717, 1.165) is 5.69 Å². The summed E-state index contributed by atoms with van der Waals surface area (Å²) in [5, 5.41) is 10.8. The fourth-order valence-electron chi connectivity index (χ4n) is 1.49. The second-order valence-electron chi connectivity index (χ2n) is 3.30. The van der Waals surface area contributed by atoms with Crippen LogP contribution >= 0.6 is 0 Å². The molecule has 0 spiro atoms. The first-order chi connectivity index (χ1) is 8.22. The highest BCUT2D eigenvalue weighted by atomic mass is 16.6. The smallest absolute Gasteiger partial charge is 0.285 e. The number of aromatic nitrogens is 2. The van der Waals surface area contributed by atoms with Gasteiger partial charge in [-0.15, -0.1) is 5.92 Å². The van der Waals surface area contributed by atoms with E-state index in [1.807, 2.05) is 0 Å². The molecule has 0 N–H and O–H groups in total. The van der Waals surface area contributed by atoms with Crippen LogP contribution in [-0.2, 0) is 0 Å². The molecule has 0 bridgehead atoms. The van der Waals surface area contributed by atoms with Gasteiger partial charge in [0, 0.05) is 24.1 Å². The summed E-state index contributed by atoms with van der Waals surface area (Å²) in [5.41, 5.74) is 1.22. The van der Waals surface area contributed by atoms with E-state index in [1.165, 1.54) is 6.07 Å². The molecule has 2 aromatic rings. The van der Waals surface area contributed by atoms with Gasteiger partial charge in [0.1, 0.15) is 5.56 Å². The van der Waals surface area contributed by atoms with E-state index in [2.05, 4.69) is 16.8 Å². The van der Waals surface area contributed by atoms with E-state index < -0.39 is 4.92 Å². The van der Waals surface area contributed by atoms with Crippen LogP contribution in [-0.4, -0.2) is 14.5 Å². The zero-order valence-corrected chi connectivity index (χ0v) is 9.12. The van der Waals surface area contributed by atoms with Gasteiger partial charge in [-0.25, -0.2) is 4.98 Å². The highest BCUT2D eigenvalue weighted by Gasteiger charge is 2.12. The van der Waals surface area contributed by atoms with Crippen LogP contribution < -0.4 is 0 Å². The molecule has 0 amide bonds. The second kappa shape index (κ2) is 4.49. The highest BCUT2D eigenvalue weighted by molar-refractivity contribution is 5.56. The first kappa shape index (κ1) is 10.9. The van der Waals surface area contributed by atoms with Crippen LogP contribution in [0.1, 0.15) is 12.5 Å². The van der Waals surface area contributed by atoms with Gasteiger partial charge in [0.05, 0.1) is 11.3 Å². The molecule has 0 atom stereocenters. The highest BCUT2D eigenvalue weighted by Crippen LogP contribution is 2.21. The third kappa shape index (κ3) is 2.16. The van der Waals surface area contributed by atoms with Crippen LogP contribution in [0.3, 0.4) is 0 Å². The topological polar surface area (TPSA) is 61.0 Å². The Balaban J connectivity index is 2.56. The van der Waals surface area contributed by atoms with Crippen molar-refractivity contribution < 1.29 is 4.92 Å². The molecule has 5 nitrogen and oxygen atoms in total. The molecule has 0 aliphatic heterocycles. The van der Waals surface area contributed by atoms with Crippen molar-refractivity contribution >= 4 is 5.69 Å². The van der Waals surface area contributed by atoms with Crippen LogP contribution in [0.5, 0.6) is 0 Å². The predicted octanol–water partition coefficient (Wildman–Crippen LogP) is 2.15. The van der Waals surface area contributed by atoms with Gasteiger partial charge < -0.3 is 4.57 Å². The average molecular weight is 227 g/mol. The molecule has 0 aliphatic rings. The summed E-state index contributed by atoms with van der Waals surface area (Å²) in [7, 11) is 0. The zero-order chi connectivity index (χ0) is 12.3. The molecule has 0 fully saturated rings. The Morgan fingerprint density at radius 3 is 2.88 bits per heavy atom. The minimum absolute atomic E-state index is 0.0169. The molecule has 0 saturated heterocycles. The van der Waals surface area contributed by atoms with Crippen molar-refractivity contribution in [2.24, 2.45) is 0 Å². The Morgan fingerprint density at radius 2 is 2.29 bits per heavy atom.